The summed E-state index contributed by atoms with van der Waals surface area (Å²) in [6, 6.07) is 44.0. The van der Waals surface area contributed by atoms with E-state index >= 15 is 0 Å². The summed E-state index contributed by atoms with van der Waals surface area (Å²) in [4.78, 5) is 0. The van der Waals surface area contributed by atoms with Crippen LogP contribution in [0, 0.1) is 6.92 Å². The van der Waals surface area contributed by atoms with Crippen molar-refractivity contribution >= 4 is 56.1 Å². The van der Waals surface area contributed by atoms with Crippen molar-refractivity contribution in [3.8, 4) is 0 Å². The van der Waals surface area contributed by atoms with Gasteiger partial charge in [-0.05, 0) is 42.5 Å². The van der Waals surface area contributed by atoms with Crippen LogP contribution in [0.3, 0.4) is 0 Å². The molecule has 0 radical (unpaired) electrons. The third kappa shape index (κ3) is 7.54. The van der Waals surface area contributed by atoms with Crippen molar-refractivity contribution in [2.24, 2.45) is 0 Å². The molecule has 0 nitrogen and oxygen atoms in total. The Morgan fingerprint density at radius 1 is 0.545 bits per heavy atom. The summed E-state index contributed by atoms with van der Waals surface area (Å²) in [5, 5.41) is 5.96. The number of hydrogen-bond donors (Lipinski definition) is 0. The molecule has 0 aliphatic carbocycles. The predicted molar refractivity (Wildman–Crippen MR) is 148 cm³/mol. The van der Waals surface area contributed by atoms with E-state index in [0.29, 0.717) is 5.40 Å². The minimum absolute atomic E-state index is 0.106. The molecule has 0 saturated heterocycles. The third-order valence-electron chi connectivity index (χ3n) is 4.97. The zero-order chi connectivity index (χ0) is 23.3. The molecule has 0 saturated carbocycles. The van der Waals surface area contributed by atoms with E-state index in [1.165, 1.54) is 21.2 Å². The van der Waals surface area contributed by atoms with Crippen LogP contribution < -0.4 is 21.2 Å². The fraction of sp³-hybridized carbons (Fsp3) is 0.0357. The van der Waals surface area contributed by atoms with Gasteiger partial charge in [-0.15, -0.1) is 0 Å². The molecule has 172 valence electrons. The quantitative estimate of drug-likeness (QED) is 0.118. The van der Waals surface area contributed by atoms with E-state index < -0.39 is 15.8 Å². The van der Waals surface area contributed by atoms with Crippen LogP contribution in [0.15, 0.2) is 133 Å². The second kappa shape index (κ2) is 14.8. The van der Waals surface area contributed by atoms with Gasteiger partial charge in [0.05, 0.1) is 0 Å². The molecule has 0 bridgehead atoms. The van der Waals surface area contributed by atoms with Crippen molar-refractivity contribution in [2.45, 2.75) is 5.40 Å². The van der Waals surface area contributed by atoms with Crippen LogP contribution in [-0.2, 0) is 15.9 Å². The predicted octanol–water partition coefficient (Wildman–Crippen LogP) is 7.35. The first-order valence-electron chi connectivity index (χ1n) is 10.4. The van der Waals surface area contributed by atoms with Crippen LogP contribution in [0.25, 0.3) is 0 Å². The molecule has 0 heterocycles. The van der Waals surface area contributed by atoms with Crippen molar-refractivity contribution in [3.63, 3.8) is 0 Å². The first-order chi connectivity index (χ1) is 16.3. The fourth-order valence-corrected chi connectivity index (χ4v) is 10.6. The number of benzene rings is 4. The van der Waals surface area contributed by atoms with Crippen molar-refractivity contribution in [1.82, 2.24) is 0 Å². The van der Waals surface area contributed by atoms with E-state index in [2.05, 4.69) is 134 Å². The Hall–Kier alpha value is -1.41. The molecular formula is C28H25Cl2P2Pd-. The maximum absolute atomic E-state index is 4.81. The molecule has 33 heavy (non-hydrogen) atoms. The average Bonchev–Trinajstić information content (AvgIpc) is 2.88. The molecule has 0 aliphatic heterocycles. The van der Waals surface area contributed by atoms with Crippen LogP contribution >= 0.6 is 34.9 Å². The molecular weight excluding hydrogens is 576 g/mol. The minimum atomic E-state index is -0.605. The summed E-state index contributed by atoms with van der Waals surface area (Å²) in [6.45, 7) is 4.11. The maximum atomic E-state index is 4.81. The van der Waals surface area contributed by atoms with Gasteiger partial charge in [0, 0.05) is 0 Å². The van der Waals surface area contributed by atoms with Gasteiger partial charge in [0.2, 0.25) is 0 Å². The number of halogens is 2. The summed E-state index contributed by atoms with van der Waals surface area (Å²) in [5.41, 5.74) is 0. The van der Waals surface area contributed by atoms with E-state index in [1.807, 2.05) is 6.08 Å². The van der Waals surface area contributed by atoms with Gasteiger partial charge >= 0.3 is 35.0 Å². The summed E-state index contributed by atoms with van der Waals surface area (Å²) >= 11 is -0.106. The molecule has 0 aromatic heterocycles. The van der Waals surface area contributed by atoms with Crippen LogP contribution in [0.1, 0.15) is 0 Å². The average molecular weight is 601 g/mol. The van der Waals surface area contributed by atoms with E-state index in [9.17, 15) is 0 Å². The SMILES string of the molecule is [CH2-]C=CC(P(c1ccccc1)c1ccccc1)P(c1ccccc1)c1ccccc1.[Cl][Pd][Cl]. The van der Waals surface area contributed by atoms with Gasteiger partial charge in [0.25, 0.3) is 0 Å². The summed E-state index contributed by atoms with van der Waals surface area (Å²) in [5.74, 6) is 0. The zero-order valence-electron chi connectivity index (χ0n) is 18.0. The second-order valence-electron chi connectivity index (χ2n) is 6.97. The normalized spacial score (nSPS) is 11.2. The molecule has 5 heteroatoms. The van der Waals surface area contributed by atoms with Gasteiger partial charge in [-0.3, -0.25) is 0 Å². The Kier molecular flexibility index (Phi) is 11.7. The molecule has 0 N–H and O–H groups in total. The Labute approximate surface area is 216 Å². The van der Waals surface area contributed by atoms with Crippen molar-refractivity contribution in [3.05, 3.63) is 140 Å². The van der Waals surface area contributed by atoms with E-state index in [4.69, 9.17) is 19.1 Å². The van der Waals surface area contributed by atoms with Gasteiger partial charge in [-0.25, -0.2) is 19.1 Å². The Balaban J connectivity index is 0.000000968. The van der Waals surface area contributed by atoms with Crippen LogP contribution in [0.2, 0.25) is 0 Å². The summed E-state index contributed by atoms with van der Waals surface area (Å²) < 4.78 is 0. The molecule has 4 rings (SSSR count). The van der Waals surface area contributed by atoms with Gasteiger partial charge in [-0.1, -0.05) is 121 Å². The molecule has 4 aromatic rings. The molecule has 0 aliphatic rings. The van der Waals surface area contributed by atoms with Crippen molar-refractivity contribution < 1.29 is 15.9 Å². The van der Waals surface area contributed by atoms with Crippen molar-refractivity contribution in [2.75, 3.05) is 0 Å². The number of hydrogen-bond acceptors (Lipinski definition) is 0. The fourth-order valence-electron chi connectivity index (χ4n) is 3.67. The second-order valence-corrected chi connectivity index (χ2v) is 14.4. The van der Waals surface area contributed by atoms with Gasteiger partial charge in [-0.2, -0.15) is 0 Å². The first-order valence-corrected chi connectivity index (χ1v) is 17.2. The zero-order valence-corrected chi connectivity index (χ0v) is 22.8. The van der Waals surface area contributed by atoms with Crippen molar-refractivity contribution in [1.29, 1.82) is 0 Å². The molecule has 0 fully saturated rings. The van der Waals surface area contributed by atoms with Crippen LogP contribution in [0.4, 0.5) is 0 Å². The standard InChI is InChI=1S/C28H25P2.2ClH.Pd/c1-2-15-28(29(24-16-7-3-8-17-24)25-18-9-4-10-19-25)30(26-20-11-5-12-21-26)27-22-13-6-14-23-27;;;/h2-23,28H,1H2;2*1H;/q-1;;;+2/p-2. The Morgan fingerprint density at radius 3 is 1.00 bits per heavy atom. The molecule has 0 atom stereocenters. The molecule has 0 spiro atoms. The van der Waals surface area contributed by atoms with Crippen LogP contribution in [0.5, 0.6) is 0 Å². The Morgan fingerprint density at radius 2 is 0.788 bits per heavy atom. The topological polar surface area (TPSA) is 0 Å². The van der Waals surface area contributed by atoms with Gasteiger partial charge in [0.15, 0.2) is 0 Å². The molecule has 0 amide bonds. The van der Waals surface area contributed by atoms with Gasteiger partial charge < -0.3 is 0 Å². The number of allylic oxidation sites excluding steroid dienone is 2. The Bertz CT molecular complexity index is 916. The van der Waals surface area contributed by atoms with E-state index in [1.54, 1.807) is 0 Å². The molecule has 4 aromatic carbocycles. The van der Waals surface area contributed by atoms with E-state index in [0.717, 1.165) is 0 Å². The third-order valence-corrected chi connectivity index (χ3v) is 11.2. The summed E-state index contributed by atoms with van der Waals surface area (Å²) in [6.07, 6.45) is 4.34. The first kappa shape index (κ1) is 26.2. The van der Waals surface area contributed by atoms with E-state index in [-0.39, 0.29) is 15.9 Å². The van der Waals surface area contributed by atoms with Gasteiger partial charge in [0.1, 0.15) is 0 Å². The summed E-state index contributed by atoms with van der Waals surface area (Å²) in [7, 11) is 8.42. The van der Waals surface area contributed by atoms with Crippen LogP contribution in [-0.4, -0.2) is 5.40 Å². The molecule has 0 unspecified atom stereocenters. The monoisotopic (exact) mass is 599 g/mol. The number of rotatable bonds is 7.